The lowest BCUT2D eigenvalue weighted by Crippen LogP contribution is -2.18. The molecule has 0 aliphatic heterocycles. The summed E-state index contributed by atoms with van der Waals surface area (Å²) in [4.78, 5) is 9.97. The second-order valence-corrected chi connectivity index (χ2v) is 5.13. The van der Waals surface area contributed by atoms with Crippen molar-refractivity contribution >= 4 is 11.3 Å². The molecule has 0 saturated carbocycles. The van der Waals surface area contributed by atoms with E-state index in [9.17, 15) is 0 Å². The zero-order chi connectivity index (χ0) is 12.1. The maximum atomic E-state index is 4.35. The van der Waals surface area contributed by atoms with Gasteiger partial charge in [0, 0.05) is 29.9 Å². The molecule has 2 heterocycles. The van der Waals surface area contributed by atoms with E-state index in [0.717, 1.165) is 18.7 Å². The van der Waals surface area contributed by atoms with Crippen LogP contribution in [0.5, 0.6) is 0 Å². The van der Waals surface area contributed by atoms with Gasteiger partial charge in [0.15, 0.2) is 0 Å². The molecule has 0 amide bonds. The van der Waals surface area contributed by atoms with Crippen LogP contribution in [0.2, 0.25) is 0 Å². The molecule has 0 aliphatic carbocycles. The van der Waals surface area contributed by atoms with Crippen LogP contribution in [0.25, 0.3) is 0 Å². The van der Waals surface area contributed by atoms with Gasteiger partial charge < -0.3 is 5.32 Å². The molecule has 0 aromatic carbocycles. The normalized spacial score (nSPS) is 12.6. The minimum atomic E-state index is 0.267. The van der Waals surface area contributed by atoms with Gasteiger partial charge in [-0.15, -0.1) is 11.3 Å². The smallest absolute Gasteiger partial charge is 0.0925 e. The van der Waals surface area contributed by atoms with Crippen LogP contribution in [0.1, 0.15) is 35.5 Å². The summed E-state index contributed by atoms with van der Waals surface area (Å²) in [6.45, 7) is 5.12. The first-order valence-corrected chi connectivity index (χ1v) is 6.69. The van der Waals surface area contributed by atoms with Gasteiger partial charge >= 0.3 is 0 Å². The summed E-state index contributed by atoms with van der Waals surface area (Å²) in [5, 5.41) is 4.66. The molecule has 0 spiro atoms. The summed E-state index contributed by atoms with van der Waals surface area (Å²) in [6.07, 6.45) is 4.80. The van der Waals surface area contributed by atoms with Crippen molar-refractivity contribution in [2.45, 2.75) is 32.9 Å². The highest BCUT2D eigenvalue weighted by atomic mass is 32.1. The molecule has 0 radical (unpaired) electrons. The van der Waals surface area contributed by atoms with Crippen molar-refractivity contribution in [3.63, 3.8) is 0 Å². The lowest BCUT2D eigenvalue weighted by atomic mass is 10.2. The molecule has 0 aliphatic rings. The van der Waals surface area contributed by atoms with Crippen molar-refractivity contribution in [2.75, 3.05) is 0 Å². The third kappa shape index (κ3) is 3.35. The van der Waals surface area contributed by atoms with E-state index in [2.05, 4.69) is 29.1 Å². The van der Waals surface area contributed by atoms with Crippen LogP contribution in [-0.2, 0) is 13.0 Å². The van der Waals surface area contributed by atoms with Gasteiger partial charge in [-0.1, -0.05) is 13.0 Å². The molecule has 1 atom stereocenters. The molecule has 0 fully saturated rings. The fourth-order valence-electron chi connectivity index (χ4n) is 1.58. The second kappa shape index (κ2) is 5.89. The minimum absolute atomic E-state index is 0.267. The second-order valence-electron chi connectivity index (χ2n) is 3.93. The quantitative estimate of drug-likeness (QED) is 0.882. The Morgan fingerprint density at radius 1 is 1.35 bits per heavy atom. The van der Waals surface area contributed by atoms with Gasteiger partial charge in [0.1, 0.15) is 0 Å². The minimum Gasteiger partial charge on any atom is -0.304 e. The number of aromatic nitrogens is 2. The number of nitrogens with zero attached hydrogens (tertiary/aromatic N) is 2. The van der Waals surface area contributed by atoms with E-state index in [4.69, 9.17) is 0 Å². The molecule has 4 heteroatoms. The number of hydrogen-bond acceptors (Lipinski definition) is 4. The molecule has 2 aromatic heterocycles. The summed E-state index contributed by atoms with van der Waals surface area (Å²) in [6, 6.07) is 6.26. The number of pyridine rings is 1. The molecule has 17 heavy (non-hydrogen) atoms. The van der Waals surface area contributed by atoms with E-state index < -0.39 is 0 Å². The van der Waals surface area contributed by atoms with Gasteiger partial charge in [0.25, 0.3) is 0 Å². The lowest BCUT2D eigenvalue weighted by Gasteiger charge is -2.11. The summed E-state index contributed by atoms with van der Waals surface area (Å²) >= 11 is 1.78. The molecule has 2 rings (SSSR count). The monoisotopic (exact) mass is 247 g/mol. The Balaban J connectivity index is 1.90. The predicted molar refractivity (Wildman–Crippen MR) is 71.0 cm³/mol. The van der Waals surface area contributed by atoms with Crippen molar-refractivity contribution < 1.29 is 0 Å². The van der Waals surface area contributed by atoms with E-state index >= 15 is 0 Å². The first-order chi connectivity index (χ1) is 8.29. The Morgan fingerprint density at radius 2 is 2.24 bits per heavy atom. The van der Waals surface area contributed by atoms with Gasteiger partial charge in [0.05, 0.1) is 10.7 Å². The summed E-state index contributed by atoms with van der Waals surface area (Å²) in [5.74, 6) is 0. The Labute approximate surface area is 106 Å². The Morgan fingerprint density at radius 3 is 2.88 bits per heavy atom. The van der Waals surface area contributed by atoms with Crippen molar-refractivity contribution in [1.29, 1.82) is 0 Å². The van der Waals surface area contributed by atoms with Crippen molar-refractivity contribution in [2.24, 2.45) is 0 Å². The Kier molecular flexibility index (Phi) is 4.23. The van der Waals surface area contributed by atoms with Gasteiger partial charge in [0.2, 0.25) is 0 Å². The average molecular weight is 247 g/mol. The zero-order valence-electron chi connectivity index (χ0n) is 10.2. The third-order valence-corrected chi connectivity index (χ3v) is 3.76. The SMILES string of the molecule is CCc1ncc(CN[C@@H](C)c2ccccn2)s1. The third-order valence-electron chi connectivity index (χ3n) is 2.62. The predicted octanol–water partition coefficient (Wildman–Crippen LogP) is 2.95. The van der Waals surface area contributed by atoms with Crippen LogP contribution in [0.4, 0.5) is 0 Å². The highest BCUT2D eigenvalue weighted by Crippen LogP contribution is 2.15. The number of aryl methyl sites for hydroxylation is 1. The highest BCUT2D eigenvalue weighted by molar-refractivity contribution is 7.11. The van der Waals surface area contributed by atoms with Crippen LogP contribution in [-0.4, -0.2) is 9.97 Å². The molecule has 0 bridgehead atoms. The number of thiazole rings is 1. The van der Waals surface area contributed by atoms with E-state index in [1.807, 2.05) is 30.6 Å². The topological polar surface area (TPSA) is 37.8 Å². The number of nitrogens with one attached hydrogen (secondary N) is 1. The van der Waals surface area contributed by atoms with Gasteiger partial charge in [-0.2, -0.15) is 0 Å². The van der Waals surface area contributed by atoms with Crippen LogP contribution in [0.15, 0.2) is 30.6 Å². The standard InChI is InChI=1S/C13H17N3S/c1-3-13-16-9-11(17-13)8-15-10(2)12-6-4-5-7-14-12/h4-7,9-10,15H,3,8H2,1-2H3/t10-/m0/s1. The van der Waals surface area contributed by atoms with Crippen LogP contribution in [0, 0.1) is 0 Å². The van der Waals surface area contributed by atoms with E-state index in [0.29, 0.717) is 0 Å². The molecule has 2 aromatic rings. The highest BCUT2D eigenvalue weighted by Gasteiger charge is 2.06. The van der Waals surface area contributed by atoms with E-state index in [1.165, 1.54) is 9.88 Å². The summed E-state index contributed by atoms with van der Waals surface area (Å²) < 4.78 is 0. The van der Waals surface area contributed by atoms with E-state index in [1.54, 1.807) is 11.3 Å². The molecule has 3 nitrogen and oxygen atoms in total. The van der Waals surface area contributed by atoms with Crippen LogP contribution < -0.4 is 5.32 Å². The first kappa shape index (κ1) is 12.2. The number of hydrogen-bond donors (Lipinski definition) is 1. The largest absolute Gasteiger partial charge is 0.304 e. The van der Waals surface area contributed by atoms with Crippen molar-refractivity contribution in [3.8, 4) is 0 Å². The van der Waals surface area contributed by atoms with Crippen molar-refractivity contribution in [3.05, 3.63) is 46.2 Å². The fraction of sp³-hybridized carbons (Fsp3) is 0.385. The van der Waals surface area contributed by atoms with Crippen LogP contribution >= 0.6 is 11.3 Å². The maximum Gasteiger partial charge on any atom is 0.0925 e. The fourth-order valence-corrected chi connectivity index (χ4v) is 2.40. The van der Waals surface area contributed by atoms with Crippen molar-refractivity contribution in [1.82, 2.24) is 15.3 Å². The Hall–Kier alpha value is -1.26. The Bertz CT molecular complexity index is 453. The van der Waals surface area contributed by atoms with E-state index in [-0.39, 0.29) is 6.04 Å². The molecular weight excluding hydrogens is 230 g/mol. The first-order valence-electron chi connectivity index (χ1n) is 5.87. The number of rotatable bonds is 5. The molecule has 1 N–H and O–H groups in total. The molecular formula is C13H17N3S. The summed E-state index contributed by atoms with van der Waals surface area (Å²) in [7, 11) is 0. The van der Waals surface area contributed by atoms with Crippen LogP contribution in [0.3, 0.4) is 0 Å². The van der Waals surface area contributed by atoms with Gasteiger partial charge in [-0.05, 0) is 25.5 Å². The lowest BCUT2D eigenvalue weighted by molar-refractivity contribution is 0.565. The molecule has 90 valence electrons. The molecule has 0 saturated heterocycles. The maximum absolute atomic E-state index is 4.35. The zero-order valence-corrected chi connectivity index (χ0v) is 11.0. The summed E-state index contributed by atoms with van der Waals surface area (Å²) in [5.41, 5.74) is 1.08. The van der Waals surface area contributed by atoms with Gasteiger partial charge in [-0.3, -0.25) is 4.98 Å². The average Bonchev–Trinajstić information content (AvgIpc) is 2.85. The molecule has 0 unspecified atom stereocenters. The van der Waals surface area contributed by atoms with Gasteiger partial charge in [-0.25, -0.2) is 4.98 Å².